The molecule has 0 amide bonds. The Hall–Kier alpha value is -2.43. The zero-order chi connectivity index (χ0) is 18.4. The van der Waals surface area contributed by atoms with Gasteiger partial charge in [0.1, 0.15) is 11.9 Å². The average Bonchev–Trinajstić information content (AvgIpc) is 2.69. The average molecular weight is 351 g/mol. The topological polar surface area (TPSA) is 51.6 Å². The molecule has 3 rings (SSSR count). The van der Waals surface area contributed by atoms with E-state index in [0.717, 1.165) is 30.0 Å². The molecule has 4 heteroatoms. The second-order valence-corrected chi connectivity index (χ2v) is 6.35. The number of pyridine rings is 1. The van der Waals surface area contributed by atoms with Gasteiger partial charge in [0.15, 0.2) is 6.79 Å². The Kier molecular flexibility index (Phi) is 6.21. The third-order valence-corrected chi connectivity index (χ3v) is 4.49. The zero-order valence-corrected chi connectivity index (χ0v) is 15.3. The number of benzene rings is 2. The van der Waals surface area contributed by atoms with Gasteiger partial charge in [-0.25, -0.2) is 0 Å². The predicted molar refractivity (Wildman–Crippen MR) is 103 cm³/mol. The van der Waals surface area contributed by atoms with E-state index < -0.39 is 6.10 Å². The summed E-state index contributed by atoms with van der Waals surface area (Å²) in [6, 6.07) is 15.9. The first-order chi connectivity index (χ1) is 12.7. The number of rotatable bonds is 8. The highest BCUT2D eigenvalue weighted by Crippen LogP contribution is 2.33. The van der Waals surface area contributed by atoms with E-state index in [2.05, 4.69) is 18.0 Å². The molecule has 0 saturated carbocycles. The summed E-state index contributed by atoms with van der Waals surface area (Å²) in [7, 11) is 1.59. The number of methoxy groups -OCH3 is 1. The molecule has 0 spiro atoms. The molecule has 0 radical (unpaired) electrons. The van der Waals surface area contributed by atoms with Gasteiger partial charge in [-0.1, -0.05) is 49.7 Å². The monoisotopic (exact) mass is 351 g/mol. The molecule has 1 N–H and O–H groups in total. The van der Waals surface area contributed by atoms with Crippen LogP contribution in [0.1, 0.15) is 42.7 Å². The van der Waals surface area contributed by atoms with Crippen LogP contribution in [0.5, 0.6) is 5.75 Å². The number of unbranched alkanes of at least 4 members (excludes halogenated alkanes) is 1. The summed E-state index contributed by atoms with van der Waals surface area (Å²) in [6.07, 6.45) is 4.11. The normalized spacial score (nSPS) is 12.3. The lowest BCUT2D eigenvalue weighted by atomic mass is 9.98. The van der Waals surface area contributed by atoms with Crippen LogP contribution in [0.4, 0.5) is 0 Å². The van der Waals surface area contributed by atoms with Gasteiger partial charge in [0.25, 0.3) is 0 Å². The van der Waals surface area contributed by atoms with E-state index >= 15 is 0 Å². The van der Waals surface area contributed by atoms with Crippen molar-refractivity contribution in [3.05, 3.63) is 71.5 Å². The Morgan fingerprint density at radius 2 is 1.96 bits per heavy atom. The van der Waals surface area contributed by atoms with Gasteiger partial charge in [0.05, 0.1) is 5.69 Å². The van der Waals surface area contributed by atoms with Crippen molar-refractivity contribution in [2.24, 2.45) is 0 Å². The molecule has 2 aromatic carbocycles. The second-order valence-electron chi connectivity index (χ2n) is 6.35. The maximum Gasteiger partial charge on any atom is 0.188 e. The fourth-order valence-corrected chi connectivity index (χ4v) is 3.10. The SMILES string of the molecule is CCCCc1ccc(C(O)c2nccc3ccccc23)c(OCOC)c1. The Morgan fingerprint density at radius 1 is 1.12 bits per heavy atom. The molecule has 0 aliphatic carbocycles. The summed E-state index contributed by atoms with van der Waals surface area (Å²) >= 11 is 0. The van der Waals surface area contributed by atoms with E-state index in [4.69, 9.17) is 9.47 Å². The number of aliphatic hydroxyl groups excluding tert-OH is 1. The first-order valence-electron chi connectivity index (χ1n) is 9.01. The molecular weight excluding hydrogens is 326 g/mol. The molecule has 1 aromatic heterocycles. The molecule has 136 valence electrons. The van der Waals surface area contributed by atoms with Gasteiger partial charge in [0, 0.05) is 24.3 Å². The number of hydrogen-bond acceptors (Lipinski definition) is 4. The standard InChI is InChI=1S/C22H25NO3/c1-3-4-7-16-10-11-19(20(14-16)26-15-25-2)22(24)21-18-9-6-5-8-17(18)12-13-23-21/h5-6,8-14,22,24H,3-4,7,15H2,1-2H3. The summed E-state index contributed by atoms with van der Waals surface area (Å²) in [4.78, 5) is 4.44. The molecule has 0 aliphatic heterocycles. The molecule has 26 heavy (non-hydrogen) atoms. The van der Waals surface area contributed by atoms with Gasteiger partial charge in [-0.3, -0.25) is 4.98 Å². The Labute approximate surface area is 154 Å². The maximum atomic E-state index is 11.1. The van der Waals surface area contributed by atoms with Crippen LogP contribution in [-0.4, -0.2) is 24.0 Å². The van der Waals surface area contributed by atoms with Crippen molar-refractivity contribution in [3.63, 3.8) is 0 Å². The molecule has 4 nitrogen and oxygen atoms in total. The summed E-state index contributed by atoms with van der Waals surface area (Å²) in [5.74, 6) is 0.641. The van der Waals surface area contributed by atoms with Gasteiger partial charge in [-0.2, -0.15) is 0 Å². The number of ether oxygens (including phenoxy) is 2. The van der Waals surface area contributed by atoms with Crippen molar-refractivity contribution in [1.82, 2.24) is 4.98 Å². The first-order valence-corrected chi connectivity index (χ1v) is 9.01. The van der Waals surface area contributed by atoms with E-state index in [1.165, 1.54) is 5.56 Å². The fraction of sp³-hybridized carbons (Fsp3) is 0.318. The lowest BCUT2D eigenvalue weighted by Gasteiger charge is -2.18. The summed E-state index contributed by atoms with van der Waals surface area (Å²) < 4.78 is 10.8. The highest BCUT2D eigenvalue weighted by molar-refractivity contribution is 5.85. The lowest BCUT2D eigenvalue weighted by Crippen LogP contribution is -2.08. The molecule has 3 aromatic rings. The van der Waals surface area contributed by atoms with Gasteiger partial charge < -0.3 is 14.6 Å². The van der Waals surface area contributed by atoms with Gasteiger partial charge in [-0.15, -0.1) is 0 Å². The van der Waals surface area contributed by atoms with Crippen LogP contribution in [0.25, 0.3) is 10.8 Å². The molecule has 1 heterocycles. The number of hydrogen-bond donors (Lipinski definition) is 1. The Balaban J connectivity index is 2.00. The Bertz CT molecular complexity index is 858. The van der Waals surface area contributed by atoms with Crippen molar-refractivity contribution in [2.45, 2.75) is 32.3 Å². The van der Waals surface area contributed by atoms with Crippen LogP contribution >= 0.6 is 0 Å². The zero-order valence-electron chi connectivity index (χ0n) is 15.3. The molecule has 0 fully saturated rings. The number of aliphatic hydroxyl groups is 1. The molecule has 0 aliphatic rings. The van der Waals surface area contributed by atoms with E-state index in [-0.39, 0.29) is 6.79 Å². The first kappa shape index (κ1) is 18.4. The highest BCUT2D eigenvalue weighted by Gasteiger charge is 2.19. The van der Waals surface area contributed by atoms with Crippen LogP contribution < -0.4 is 4.74 Å². The third-order valence-electron chi connectivity index (χ3n) is 4.49. The van der Waals surface area contributed by atoms with Crippen molar-refractivity contribution in [2.75, 3.05) is 13.9 Å². The highest BCUT2D eigenvalue weighted by atomic mass is 16.7. The molecule has 1 unspecified atom stereocenters. The minimum atomic E-state index is -0.867. The van der Waals surface area contributed by atoms with Gasteiger partial charge >= 0.3 is 0 Å². The van der Waals surface area contributed by atoms with Crippen LogP contribution in [0, 0.1) is 0 Å². The minimum absolute atomic E-state index is 0.139. The largest absolute Gasteiger partial charge is 0.467 e. The van der Waals surface area contributed by atoms with Crippen LogP contribution in [-0.2, 0) is 11.2 Å². The van der Waals surface area contributed by atoms with Gasteiger partial charge in [-0.05, 0) is 35.9 Å². The molecule has 0 saturated heterocycles. The summed E-state index contributed by atoms with van der Waals surface area (Å²) in [6.45, 7) is 2.31. The second kappa shape index (κ2) is 8.79. The van der Waals surface area contributed by atoms with Crippen molar-refractivity contribution >= 4 is 10.8 Å². The van der Waals surface area contributed by atoms with E-state index in [0.29, 0.717) is 17.0 Å². The maximum absolute atomic E-state index is 11.1. The Morgan fingerprint density at radius 3 is 2.77 bits per heavy atom. The predicted octanol–water partition coefficient (Wildman–Crippen LogP) is 4.64. The smallest absolute Gasteiger partial charge is 0.188 e. The molecular formula is C22H25NO3. The minimum Gasteiger partial charge on any atom is -0.467 e. The van der Waals surface area contributed by atoms with Crippen molar-refractivity contribution in [1.29, 1.82) is 0 Å². The van der Waals surface area contributed by atoms with Crippen LogP contribution in [0.3, 0.4) is 0 Å². The fourth-order valence-electron chi connectivity index (χ4n) is 3.10. The van der Waals surface area contributed by atoms with Gasteiger partial charge in [0.2, 0.25) is 0 Å². The molecule has 0 bridgehead atoms. The quantitative estimate of drug-likeness (QED) is 0.601. The third kappa shape index (κ3) is 4.03. The lowest BCUT2D eigenvalue weighted by molar-refractivity contribution is 0.0487. The number of fused-ring (bicyclic) bond motifs is 1. The van der Waals surface area contributed by atoms with Crippen LogP contribution in [0.15, 0.2) is 54.7 Å². The summed E-state index contributed by atoms with van der Waals surface area (Å²) in [5, 5.41) is 13.0. The summed E-state index contributed by atoms with van der Waals surface area (Å²) in [5.41, 5.74) is 2.53. The van der Waals surface area contributed by atoms with Crippen LogP contribution in [0.2, 0.25) is 0 Å². The van der Waals surface area contributed by atoms with E-state index in [9.17, 15) is 5.11 Å². The van der Waals surface area contributed by atoms with E-state index in [1.807, 2.05) is 42.5 Å². The van der Waals surface area contributed by atoms with Crippen molar-refractivity contribution in [3.8, 4) is 5.75 Å². The number of aryl methyl sites for hydroxylation is 1. The number of nitrogens with zero attached hydrogens (tertiary/aromatic N) is 1. The molecule has 1 atom stereocenters. The number of aromatic nitrogens is 1. The van der Waals surface area contributed by atoms with E-state index in [1.54, 1.807) is 13.3 Å². The van der Waals surface area contributed by atoms with Crippen molar-refractivity contribution < 1.29 is 14.6 Å².